The maximum atomic E-state index is 13.0. The average molecular weight is 291 g/mol. The first-order valence-electron chi connectivity index (χ1n) is 7.11. The van der Waals surface area contributed by atoms with E-state index < -0.39 is 5.95 Å². The van der Waals surface area contributed by atoms with Crippen molar-refractivity contribution in [3.63, 3.8) is 0 Å². The molecule has 3 heterocycles. The van der Waals surface area contributed by atoms with Gasteiger partial charge in [0.25, 0.3) is 0 Å². The number of hydrogen-bond acceptors (Lipinski definition) is 5. The third-order valence-electron chi connectivity index (χ3n) is 3.56. The second-order valence-corrected chi connectivity index (χ2v) is 5.25. The molecule has 2 aromatic rings. The van der Waals surface area contributed by atoms with Gasteiger partial charge in [-0.3, -0.25) is 4.90 Å². The van der Waals surface area contributed by atoms with Gasteiger partial charge in [0.1, 0.15) is 12.4 Å². The van der Waals surface area contributed by atoms with Crippen molar-refractivity contribution in [2.75, 3.05) is 13.1 Å². The maximum Gasteiger partial charge on any atom is 0.216 e. The molecule has 21 heavy (non-hydrogen) atoms. The number of hydrogen-bond donors (Lipinski definition) is 0. The molecule has 0 N–H and O–H groups in total. The summed E-state index contributed by atoms with van der Waals surface area (Å²) in [6.07, 6.45) is 3.59. The summed E-state index contributed by atoms with van der Waals surface area (Å²) in [4.78, 5) is 10.4. The number of oxazole rings is 1. The largest absolute Gasteiger partial charge is 0.474 e. The molecule has 0 bridgehead atoms. The number of aryl methyl sites for hydroxylation is 1. The number of aromatic nitrogens is 2. The van der Waals surface area contributed by atoms with Crippen molar-refractivity contribution in [3.05, 3.63) is 42.0 Å². The molecule has 112 valence electrons. The van der Waals surface area contributed by atoms with Crippen LogP contribution in [0.2, 0.25) is 0 Å². The summed E-state index contributed by atoms with van der Waals surface area (Å²) in [5.41, 5.74) is 0.957. The Kier molecular flexibility index (Phi) is 4.15. The topological polar surface area (TPSA) is 51.4 Å². The van der Waals surface area contributed by atoms with Crippen LogP contribution in [0.4, 0.5) is 4.39 Å². The number of pyridine rings is 1. The molecule has 0 spiro atoms. The molecule has 0 aromatic carbocycles. The van der Waals surface area contributed by atoms with Gasteiger partial charge in [-0.05, 0) is 18.9 Å². The lowest BCUT2D eigenvalue weighted by Gasteiger charge is -2.31. The van der Waals surface area contributed by atoms with E-state index in [2.05, 4.69) is 14.9 Å². The van der Waals surface area contributed by atoms with Gasteiger partial charge >= 0.3 is 0 Å². The van der Waals surface area contributed by atoms with Gasteiger partial charge in [0.2, 0.25) is 11.8 Å². The Morgan fingerprint density at radius 3 is 2.81 bits per heavy atom. The Morgan fingerprint density at radius 2 is 2.14 bits per heavy atom. The third-order valence-corrected chi connectivity index (χ3v) is 3.56. The smallest absolute Gasteiger partial charge is 0.216 e. The number of nitrogens with zero attached hydrogens (tertiary/aromatic N) is 3. The summed E-state index contributed by atoms with van der Waals surface area (Å²) >= 11 is 0. The molecule has 0 atom stereocenters. The summed E-state index contributed by atoms with van der Waals surface area (Å²) in [7, 11) is 0. The normalized spacial score (nSPS) is 17.0. The number of rotatable bonds is 4. The Hall–Kier alpha value is -1.95. The van der Waals surface area contributed by atoms with E-state index in [0.29, 0.717) is 11.8 Å². The van der Waals surface area contributed by atoms with Gasteiger partial charge in [0.15, 0.2) is 5.89 Å². The van der Waals surface area contributed by atoms with Gasteiger partial charge in [-0.15, -0.1) is 0 Å². The highest BCUT2D eigenvalue weighted by Gasteiger charge is 2.21. The molecule has 0 saturated carbocycles. The molecule has 3 rings (SSSR count). The van der Waals surface area contributed by atoms with Gasteiger partial charge in [0, 0.05) is 32.6 Å². The van der Waals surface area contributed by atoms with Gasteiger partial charge < -0.3 is 9.15 Å². The molecule has 1 fully saturated rings. The quantitative estimate of drug-likeness (QED) is 0.810. The van der Waals surface area contributed by atoms with Crippen LogP contribution in [0.3, 0.4) is 0 Å². The minimum Gasteiger partial charge on any atom is -0.474 e. The summed E-state index contributed by atoms with van der Waals surface area (Å²) in [5, 5.41) is 0. The molecule has 6 heteroatoms. The van der Waals surface area contributed by atoms with Crippen molar-refractivity contribution in [2.24, 2.45) is 0 Å². The first-order chi connectivity index (χ1) is 10.2. The highest BCUT2D eigenvalue weighted by molar-refractivity contribution is 5.11. The predicted molar refractivity (Wildman–Crippen MR) is 74.4 cm³/mol. The van der Waals surface area contributed by atoms with Crippen molar-refractivity contribution in [1.29, 1.82) is 0 Å². The van der Waals surface area contributed by atoms with Gasteiger partial charge in [0.05, 0.1) is 5.69 Å². The molecule has 0 amide bonds. The fraction of sp³-hybridized carbons (Fsp3) is 0.467. The molecule has 1 aliphatic rings. The number of likely N-dealkylation sites (tertiary alicyclic amines) is 1. The van der Waals surface area contributed by atoms with E-state index in [9.17, 15) is 4.39 Å². The fourth-order valence-electron chi connectivity index (χ4n) is 2.52. The lowest BCUT2D eigenvalue weighted by atomic mass is 10.1. The maximum absolute atomic E-state index is 13.0. The minimum absolute atomic E-state index is 0.0922. The number of ether oxygens (including phenoxy) is 1. The summed E-state index contributed by atoms with van der Waals surface area (Å²) in [5.74, 6) is 0.548. The highest BCUT2D eigenvalue weighted by Crippen LogP contribution is 2.18. The molecule has 0 aliphatic carbocycles. The van der Waals surface area contributed by atoms with Crippen LogP contribution in [0.1, 0.15) is 24.4 Å². The predicted octanol–water partition coefficient (Wildman–Crippen LogP) is 2.56. The first kappa shape index (κ1) is 14.0. The third kappa shape index (κ3) is 3.78. The van der Waals surface area contributed by atoms with Gasteiger partial charge in [-0.25, -0.2) is 4.98 Å². The Balaban J connectivity index is 1.48. The molecule has 1 aliphatic heterocycles. The van der Waals surface area contributed by atoms with E-state index in [1.165, 1.54) is 6.07 Å². The van der Waals surface area contributed by atoms with E-state index in [1.54, 1.807) is 18.4 Å². The van der Waals surface area contributed by atoms with Crippen molar-refractivity contribution in [2.45, 2.75) is 32.4 Å². The number of halogens is 1. The van der Waals surface area contributed by atoms with E-state index in [-0.39, 0.29) is 6.10 Å². The molecule has 0 radical (unpaired) electrons. The second kappa shape index (κ2) is 6.22. The van der Waals surface area contributed by atoms with Crippen LogP contribution in [0, 0.1) is 12.9 Å². The van der Waals surface area contributed by atoms with Crippen LogP contribution in [-0.2, 0) is 6.54 Å². The van der Waals surface area contributed by atoms with Crippen LogP contribution < -0.4 is 4.74 Å². The van der Waals surface area contributed by atoms with Crippen LogP contribution in [0.15, 0.2) is 28.9 Å². The van der Waals surface area contributed by atoms with E-state index in [0.717, 1.165) is 38.2 Å². The van der Waals surface area contributed by atoms with Crippen LogP contribution in [0.5, 0.6) is 5.88 Å². The molecule has 2 aromatic heterocycles. The van der Waals surface area contributed by atoms with Crippen molar-refractivity contribution < 1.29 is 13.5 Å². The molecular formula is C15H18FN3O2. The van der Waals surface area contributed by atoms with E-state index in [4.69, 9.17) is 9.15 Å². The molecule has 1 saturated heterocycles. The summed E-state index contributed by atoms with van der Waals surface area (Å²) < 4.78 is 24.0. The van der Waals surface area contributed by atoms with Crippen molar-refractivity contribution >= 4 is 0 Å². The van der Waals surface area contributed by atoms with Crippen LogP contribution in [-0.4, -0.2) is 34.1 Å². The fourth-order valence-corrected chi connectivity index (χ4v) is 2.52. The van der Waals surface area contributed by atoms with E-state index in [1.807, 2.05) is 6.92 Å². The van der Waals surface area contributed by atoms with Crippen molar-refractivity contribution in [3.8, 4) is 5.88 Å². The zero-order valence-electron chi connectivity index (χ0n) is 12.0. The molecule has 5 nitrogen and oxygen atoms in total. The SMILES string of the molecule is Cc1nc(CN2CCC(Oc3cccc(F)n3)CC2)co1. The monoisotopic (exact) mass is 291 g/mol. The highest BCUT2D eigenvalue weighted by atomic mass is 19.1. The lowest BCUT2D eigenvalue weighted by molar-refractivity contribution is 0.0918. The van der Waals surface area contributed by atoms with Crippen LogP contribution in [0.25, 0.3) is 0 Å². The van der Waals surface area contributed by atoms with E-state index >= 15 is 0 Å². The Morgan fingerprint density at radius 1 is 1.33 bits per heavy atom. The minimum atomic E-state index is -0.508. The Bertz CT molecular complexity index is 594. The molecule has 0 unspecified atom stereocenters. The van der Waals surface area contributed by atoms with Crippen LogP contribution >= 0.6 is 0 Å². The number of piperidine rings is 1. The summed E-state index contributed by atoms with van der Waals surface area (Å²) in [6.45, 7) is 4.48. The molecular weight excluding hydrogens is 273 g/mol. The Labute approximate surface area is 122 Å². The van der Waals surface area contributed by atoms with Crippen molar-refractivity contribution in [1.82, 2.24) is 14.9 Å². The second-order valence-electron chi connectivity index (χ2n) is 5.25. The lowest BCUT2D eigenvalue weighted by Crippen LogP contribution is -2.38. The average Bonchev–Trinajstić information content (AvgIpc) is 2.86. The summed E-state index contributed by atoms with van der Waals surface area (Å²) in [6, 6.07) is 4.61. The zero-order chi connectivity index (χ0) is 14.7. The first-order valence-corrected chi connectivity index (χ1v) is 7.11. The zero-order valence-corrected chi connectivity index (χ0v) is 12.0. The standard InChI is InChI=1S/C15H18FN3O2/c1-11-17-12(10-20-11)9-19-7-5-13(6-8-19)21-15-4-2-3-14(16)18-15/h2-4,10,13H,5-9H2,1H3. The van der Waals surface area contributed by atoms with Gasteiger partial charge in [-0.2, -0.15) is 9.37 Å². The van der Waals surface area contributed by atoms with Gasteiger partial charge in [-0.1, -0.05) is 6.07 Å².